The van der Waals surface area contributed by atoms with Gasteiger partial charge >= 0.3 is 0 Å². The largest absolute Gasteiger partial charge is 0.356 e. The summed E-state index contributed by atoms with van der Waals surface area (Å²) in [5.74, 6) is -0.284. The van der Waals surface area contributed by atoms with Gasteiger partial charge in [0.15, 0.2) is 0 Å². The number of para-hydroxylation sites is 1. The van der Waals surface area contributed by atoms with Crippen molar-refractivity contribution in [3.63, 3.8) is 0 Å². The first-order chi connectivity index (χ1) is 13.5. The van der Waals surface area contributed by atoms with Crippen LogP contribution in [0.5, 0.6) is 0 Å². The lowest BCUT2D eigenvalue weighted by Gasteiger charge is -2.49. The predicted molar refractivity (Wildman–Crippen MR) is 108 cm³/mol. The Bertz CT molecular complexity index is 1140. The van der Waals surface area contributed by atoms with Gasteiger partial charge in [-0.25, -0.2) is 0 Å². The Morgan fingerprint density at radius 2 is 1.75 bits per heavy atom. The number of amides is 2. The van der Waals surface area contributed by atoms with E-state index in [2.05, 4.69) is 16.4 Å². The lowest BCUT2D eigenvalue weighted by atomic mass is 9.82. The lowest BCUT2D eigenvalue weighted by molar-refractivity contribution is -0.150. The number of nitrogens with one attached hydrogen (secondary N) is 2. The van der Waals surface area contributed by atoms with Gasteiger partial charge in [-0.2, -0.15) is 0 Å². The number of piperazine rings is 1. The predicted octanol–water partition coefficient (Wildman–Crippen LogP) is 3.33. The summed E-state index contributed by atoms with van der Waals surface area (Å²) in [7, 11) is 0. The third-order valence-corrected chi connectivity index (χ3v) is 5.86. The number of hydrogen-bond donors (Lipinski definition) is 2. The Morgan fingerprint density at radius 3 is 2.54 bits per heavy atom. The van der Waals surface area contributed by atoms with Crippen LogP contribution in [-0.2, 0) is 21.5 Å². The molecule has 5 heteroatoms. The van der Waals surface area contributed by atoms with Gasteiger partial charge in [0.1, 0.15) is 11.7 Å². The molecular formula is C23H21N3O2. The molecule has 1 atom stereocenters. The van der Waals surface area contributed by atoms with E-state index in [-0.39, 0.29) is 11.8 Å². The van der Waals surface area contributed by atoms with E-state index in [4.69, 9.17) is 0 Å². The van der Waals surface area contributed by atoms with Gasteiger partial charge in [0.25, 0.3) is 5.91 Å². The van der Waals surface area contributed by atoms with Gasteiger partial charge in [-0.15, -0.1) is 0 Å². The molecule has 2 aliphatic rings. The molecule has 0 bridgehead atoms. The summed E-state index contributed by atoms with van der Waals surface area (Å²) in [5.41, 5.74) is 3.74. The van der Waals surface area contributed by atoms with Gasteiger partial charge in [-0.1, -0.05) is 48.5 Å². The third kappa shape index (κ3) is 2.32. The van der Waals surface area contributed by atoms with Crippen LogP contribution in [-0.4, -0.2) is 27.7 Å². The zero-order chi connectivity index (χ0) is 19.5. The van der Waals surface area contributed by atoms with E-state index in [1.807, 2.05) is 62.4 Å². The van der Waals surface area contributed by atoms with E-state index in [1.165, 1.54) is 0 Å². The average Bonchev–Trinajstić information content (AvgIpc) is 3.06. The van der Waals surface area contributed by atoms with Crippen molar-refractivity contribution in [2.45, 2.75) is 31.8 Å². The lowest BCUT2D eigenvalue weighted by Crippen LogP contribution is -2.65. The number of carbonyl (C=O) groups excluding carboxylic acids is 2. The van der Waals surface area contributed by atoms with E-state index in [1.54, 1.807) is 11.0 Å². The molecule has 0 saturated carbocycles. The maximum Gasteiger partial charge on any atom is 0.271 e. The molecule has 0 radical (unpaired) electrons. The minimum Gasteiger partial charge on any atom is -0.356 e. The maximum atomic E-state index is 13.4. The fourth-order valence-corrected chi connectivity index (χ4v) is 4.55. The van der Waals surface area contributed by atoms with Gasteiger partial charge in [-0.05, 0) is 37.1 Å². The molecule has 3 heterocycles. The van der Waals surface area contributed by atoms with Crippen molar-refractivity contribution in [2.24, 2.45) is 0 Å². The normalized spacial score (nSPS) is 22.1. The minimum atomic E-state index is -0.623. The van der Waals surface area contributed by atoms with Crippen LogP contribution in [0.1, 0.15) is 30.7 Å². The van der Waals surface area contributed by atoms with Crippen molar-refractivity contribution in [2.75, 3.05) is 0 Å². The van der Waals surface area contributed by atoms with Crippen LogP contribution in [0.15, 0.2) is 60.3 Å². The van der Waals surface area contributed by atoms with Gasteiger partial charge in [0.05, 0.1) is 5.54 Å². The van der Waals surface area contributed by atoms with Crippen LogP contribution in [0.4, 0.5) is 0 Å². The number of aromatic amines is 1. The first-order valence-corrected chi connectivity index (χ1v) is 9.48. The van der Waals surface area contributed by atoms with E-state index in [0.29, 0.717) is 12.1 Å². The summed E-state index contributed by atoms with van der Waals surface area (Å²) < 4.78 is 0. The van der Waals surface area contributed by atoms with Crippen LogP contribution in [0.25, 0.3) is 17.0 Å². The average molecular weight is 371 g/mol. The Labute approximate surface area is 163 Å². The van der Waals surface area contributed by atoms with E-state index < -0.39 is 11.6 Å². The molecule has 2 aromatic carbocycles. The molecule has 1 aromatic heterocycles. The zero-order valence-electron chi connectivity index (χ0n) is 15.8. The molecule has 2 aliphatic heterocycles. The number of benzene rings is 2. The SMILES string of the molecule is CC1(C)c2[nH]c3ccccc3c2CC2C(=O)N/C(=C\c3ccccc3)C(=O)N21. The Morgan fingerprint density at radius 1 is 1.04 bits per heavy atom. The first-order valence-electron chi connectivity index (χ1n) is 9.48. The number of carbonyl (C=O) groups is 2. The highest BCUT2D eigenvalue weighted by Crippen LogP contribution is 2.42. The number of rotatable bonds is 1. The van der Waals surface area contributed by atoms with Gasteiger partial charge < -0.3 is 15.2 Å². The van der Waals surface area contributed by atoms with Crippen molar-refractivity contribution in [1.82, 2.24) is 15.2 Å². The second-order valence-electron chi connectivity index (χ2n) is 7.94. The molecular weight excluding hydrogens is 350 g/mol. The third-order valence-electron chi connectivity index (χ3n) is 5.86. The fourth-order valence-electron chi connectivity index (χ4n) is 4.55. The van der Waals surface area contributed by atoms with Crippen molar-refractivity contribution in [3.8, 4) is 0 Å². The maximum absolute atomic E-state index is 13.4. The van der Waals surface area contributed by atoms with Crippen molar-refractivity contribution in [1.29, 1.82) is 0 Å². The molecule has 5 rings (SSSR count). The van der Waals surface area contributed by atoms with Crippen LogP contribution in [0.3, 0.4) is 0 Å². The van der Waals surface area contributed by atoms with Gasteiger partial charge in [0.2, 0.25) is 5.91 Å². The van der Waals surface area contributed by atoms with Crippen molar-refractivity contribution < 1.29 is 9.59 Å². The van der Waals surface area contributed by atoms with Crippen LogP contribution < -0.4 is 5.32 Å². The van der Waals surface area contributed by atoms with Gasteiger partial charge in [-0.3, -0.25) is 9.59 Å². The molecule has 3 aromatic rings. The number of H-pyrrole nitrogens is 1. The first kappa shape index (κ1) is 16.8. The highest BCUT2D eigenvalue weighted by atomic mass is 16.2. The van der Waals surface area contributed by atoms with Gasteiger partial charge in [0, 0.05) is 23.0 Å². The summed E-state index contributed by atoms with van der Waals surface area (Å²) in [6.45, 7) is 4.01. The van der Waals surface area contributed by atoms with Crippen LogP contribution in [0.2, 0.25) is 0 Å². The number of hydrogen-bond acceptors (Lipinski definition) is 2. The van der Waals surface area contributed by atoms with Crippen LogP contribution in [0, 0.1) is 0 Å². The van der Waals surface area contributed by atoms with E-state index in [9.17, 15) is 9.59 Å². The standard InChI is InChI=1S/C23H21N3O2/c1-23(2)20-16(15-10-6-7-11-17(15)24-20)13-19-21(27)25-18(22(28)26(19)23)12-14-8-4-3-5-9-14/h3-12,19,24H,13H2,1-2H3,(H,25,27)/b18-12-. The molecule has 1 unspecified atom stereocenters. The number of aromatic nitrogens is 1. The summed E-state index contributed by atoms with van der Waals surface area (Å²) in [4.78, 5) is 31.6. The molecule has 140 valence electrons. The topological polar surface area (TPSA) is 65.2 Å². The fraction of sp³-hybridized carbons (Fsp3) is 0.217. The molecule has 2 amide bonds. The van der Waals surface area contributed by atoms with E-state index >= 15 is 0 Å². The molecule has 1 saturated heterocycles. The van der Waals surface area contributed by atoms with Crippen LogP contribution >= 0.6 is 0 Å². The highest BCUT2D eigenvalue weighted by molar-refractivity contribution is 6.08. The highest BCUT2D eigenvalue weighted by Gasteiger charge is 2.50. The monoisotopic (exact) mass is 371 g/mol. The smallest absolute Gasteiger partial charge is 0.271 e. The molecule has 2 N–H and O–H groups in total. The molecule has 5 nitrogen and oxygen atoms in total. The summed E-state index contributed by atoms with van der Waals surface area (Å²) in [6, 6.07) is 17.1. The Hall–Kier alpha value is -3.34. The molecule has 1 fully saturated rings. The molecule has 0 spiro atoms. The number of fused-ring (bicyclic) bond motifs is 4. The zero-order valence-corrected chi connectivity index (χ0v) is 15.8. The van der Waals surface area contributed by atoms with Crippen molar-refractivity contribution in [3.05, 3.63) is 77.1 Å². The molecule has 28 heavy (non-hydrogen) atoms. The quantitative estimate of drug-likeness (QED) is 0.645. The van der Waals surface area contributed by atoms with Crippen molar-refractivity contribution >= 4 is 28.8 Å². The van der Waals surface area contributed by atoms with E-state index in [0.717, 1.165) is 27.7 Å². The Kier molecular flexibility index (Phi) is 3.50. The summed E-state index contributed by atoms with van der Waals surface area (Å²) in [5, 5.41) is 3.96. The number of nitrogens with zero attached hydrogens (tertiary/aromatic N) is 1. The Balaban J connectivity index is 1.63. The summed E-state index contributed by atoms with van der Waals surface area (Å²) in [6.07, 6.45) is 2.26. The molecule has 0 aliphatic carbocycles. The minimum absolute atomic E-state index is 0.134. The second-order valence-corrected chi connectivity index (χ2v) is 7.94. The second kappa shape index (κ2) is 5.83. The summed E-state index contributed by atoms with van der Waals surface area (Å²) >= 11 is 0.